The number of tetrazole rings is 1. The molecular formula is C15H11FN4O2S. The molecule has 0 amide bonds. The molecule has 6 nitrogen and oxygen atoms in total. The molecule has 0 saturated carbocycles. The number of benzene rings is 1. The molecule has 1 aromatic carbocycles. The molecule has 0 bridgehead atoms. The summed E-state index contributed by atoms with van der Waals surface area (Å²) >= 11 is 1.26. The maximum absolute atomic E-state index is 13.3. The fraction of sp³-hybridized carbons (Fsp3) is 0.0667. The summed E-state index contributed by atoms with van der Waals surface area (Å²) in [6.45, 7) is 0. The Hall–Kier alpha value is -2.87. The van der Waals surface area contributed by atoms with Gasteiger partial charge in [0.2, 0.25) is 5.82 Å². The lowest BCUT2D eigenvalue weighted by Crippen LogP contribution is -2.00. The average Bonchev–Trinajstić information content (AvgIpc) is 3.18. The average molecular weight is 330 g/mol. The van der Waals surface area contributed by atoms with Gasteiger partial charge < -0.3 is 5.11 Å². The molecule has 8 heteroatoms. The number of nitrogens with one attached hydrogen (secondary N) is 1. The van der Waals surface area contributed by atoms with Crippen LogP contribution in [0.5, 0.6) is 0 Å². The van der Waals surface area contributed by atoms with Crippen LogP contribution in [-0.2, 0) is 6.42 Å². The van der Waals surface area contributed by atoms with Gasteiger partial charge in [-0.1, -0.05) is 12.1 Å². The first-order valence-corrected chi connectivity index (χ1v) is 7.51. The summed E-state index contributed by atoms with van der Waals surface area (Å²) in [5, 5.41) is 24.3. The summed E-state index contributed by atoms with van der Waals surface area (Å²) in [6.07, 6.45) is 1.48. The van der Waals surface area contributed by atoms with Crippen molar-refractivity contribution >= 4 is 22.9 Å². The van der Waals surface area contributed by atoms with Crippen molar-refractivity contribution in [2.75, 3.05) is 0 Å². The minimum atomic E-state index is -0.367. The number of hydrogen-bond acceptors (Lipinski definition) is 6. The minimum absolute atomic E-state index is 0.0541. The molecule has 0 aliphatic carbocycles. The second-order valence-corrected chi connectivity index (χ2v) is 5.63. The van der Waals surface area contributed by atoms with Crippen LogP contribution < -0.4 is 0 Å². The van der Waals surface area contributed by atoms with Gasteiger partial charge in [0.25, 0.3) is 0 Å². The normalized spacial score (nSPS) is 11.6. The largest absolute Gasteiger partial charge is 0.504 e. The van der Waals surface area contributed by atoms with Gasteiger partial charge in [-0.3, -0.25) is 4.79 Å². The van der Waals surface area contributed by atoms with E-state index in [0.717, 1.165) is 17.2 Å². The van der Waals surface area contributed by atoms with Gasteiger partial charge in [0.15, 0.2) is 11.5 Å². The number of ketones is 1. The first-order valence-electron chi connectivity index (χ1n) is 6.63. The molecular weight excluding hydrogens is 319 g/mol. The van der Waals surface area contributed by atoms with Crippen molar-refractivity contribution in [1.82, 2.24) is 20.6 Å². The summed E-state index contributed by atoms with van der Waals surface area (Å²) in [6, 6.07) is 8.03. The van der Waals surface area contributed by atoms with Crippen LogP contribution in [-0.4, -0.2) is 31.5 Å². The molecule has 23 heavy (non-hydrogen) atoms. The van der Waals surface area contributed by atoms with Gasteiger partial charge in [0.05, 0.1) is 4.88 Å². The van der Waals surface area contributed by atoms with Crippen LogP contribution in [0.4, 0.5) is 4.39 Å². The number of rotatable bonds is 5. The highest BCUT2D eigenvalue weighted by molar-refractivity contribution is 7.12. The maximum Gasteiger partial charge on any atom is 0.239 e. The van der Waals surface area contributed by atoms with Crippen LogP contribution in [0.25, 0.3) is 5.76 Å². The Morgan fingerprint density at radius 3 is 3.00 bits per heavy atom. The second-order valence-electron chi connectivity index (χ2n) is 4.71. The van der Waals surface area contributed by atoms with Crippen LogP contribution in [0, 0.1) is 5.82 Å². The van der Waals surface area contributed by atoms with Crippen molar-refractivity contribution in [3.8, 4) is 0 Å². The Balaban J connectivity index is 1.83. The van der Waals surface area contributed by atoms with E-state index in [-0.39, 0.29) is 23.2 Å². The van der Waals surface area contributed by atoms with E-state index in [1.165, 1.54) is 23.5 Å². The van der Waals surface area contributed by atoms with E-state index in [4.69, 9.17) is 0 Å². The number of aromatic nitrogens is 4. The Labute approximate surface area is 134 Å². The molecule has 0 saturated heterocycles. The molecule has 0 unspecified atom stereocenters. The number of aliphatic hydroxyl groups excluding tert-OH is 1. The number of allylic oxidation sites excluding steroid dienone is 1. The Bertz CT molecular complexity index is 858. The topological polar surface area (TPSA) is 91.8 Å². The zero-order valence-corrected chi connectivity index (χ0v) is 12.5. The van der Waals surface area contributed by atoms with E-state index < -0.39 is 0 Å². The SMILES string of the molecule is O=C(C=C(O)c1nn[nH]n1)c1sccc1Cc1cccc(F)c1. The van der Waals surface area contributed by atoms with E-state index in [1.54, 1.807) is 17.5 Å². The smallest absolute Gasteiger partial charge is 0.239 e. The van der Waals surface area contributed by atoms with E-state index in [2.05, 4.69) is 20.6 Å². The van der Waals surface area contributed by atoms with Crippen molar-refractivity contribution in [2.45, 2.75) is 6.42 Å². The van der Waals surface area contributed by atoms with Crippen molar-refractivity contribution in [2.24, 2.45) is 0 Å². The predicted molar refractivity (Wildman–Crippen MR) is 82.6 cm³/mol. The number of H-pyrrole nitrogens is 1. The number of hydrogen-bond donors (Lipinski definition) is 2. The molecule has 0 spiro atoms. The number of thiophene rings is 1. The fourth-order valence-electron chi connectivity index (χ4n) is 2.08. The minimum Gasteiger partial charge on any atom is -0.504 e. The molecule has 3 rings (SSSR count). The Morgan fingerprint density at radius 2 is 2.26 bits per heavy atom. The highest BCUT2D eigenvalue weighted by atomic mass is 32.1. The van der Waals surface area contributed by atoms with Crippen LogP contribution in [0.15, 0.2) is 41.8 Å². The van der Waals surface area contributed by atoms with E-state index in [9.17, 15) is 14.3 Å². The van der Waals surface area contributed by atoms with Crippen molar-refractivity contribution in [3.63, 3.8) is 0 Å². The van der Waals surface area contributed by atoms with Gasteiger partial charge in [-0.05, 0) is 46.3 Å². The molecule has 0 aliphatic rings. The van der Waals surface area contributed by atoms with E-state index >= 15 is 0 Å². The van der Waals surface area contributed by atoms with Crippen LogP contribution in [0.2, 0.25) is 0 Å². The summed E-state index contributed by atoms with van der Waals surface area (Å²) in [5.74, 6) is -1.11. The predicted octanol–water partition coefficient (Wildman–Crippen LogP) is 2.77. The third kappa shape index (κ3) is 3.49. The van der Waals surface area contributed by atoms with Crippen LogP contribution >= 0.6 is 11.3 Å². The molecule has 0 radical (unpaired) electrons. The van der Waals surface area contributed by atoms with Gasteiger partial charge in [0, 0.05) is 6.08 Å². The quantitative estimate of drug-likeness (QED) is 0.426. The molecule has 0 atom stereocenters. The third-order valence-electron chi connectivity index (χ3n) is 3.10. The number of aliphatic hydroxyl groups is 1. The third-order valence-corrected chi connectivity index (χ3v) is 4.07. The Kier molecular flexibility index (Phi) is 4.24. The van der Waals surface area contributed by atoms with E-state index in [0.29, 0.717) is 11.3 Å². The van der Waals surface area contributed by atoms with Gasteiger partial charge in [-0.25, -0.2) is 4.39 Å². The van der Waals surface area contributed by atoms with Gasteiger partial charge in [-0.2, -0.15) is 5.21 Å². The van der Waals surface area contributed by atoms with Gasteiger partial charge in [0.1, 0.15) is 5.82 Å². The second kappa shape index (κ2) is 6.49. The number of nitrogens with zero attached hydrogens (tertiary/aromatic N) is 3. The standard InChI is InChI=1S/C15H11FN4O2S/c16-11-3-1-2-9(7-11)6-10-4-5-23-14(10)12(21)8-13(22)15-17-19-20-18-15/h1-5,7-8,22H,6H2,(H,17,18,19,20). The zero-order chi connectivity index (χ0) is 16.2. The van der Waals surface area contributed by atoms with Crippen molar-refractivity contribution in [1.29, 1.82) is 0 Å². The lowest BCUT2D eigenvalue weighted by molar-refractivity contribution is 0.104. The summed E-state index contributed by atoms with van der Waals surface area (Å²) < 4.78 is 13.3. The van der Waals surface area contributed by atoms with E-state index in [1.807, 2.05) is 6.07 Å². The molecule has 0 aliphatic heterocycles. The highest BCUT2D eigenvalue weighted by Gasteiger charge is 2.15. The number of carbonyl (C=O) groups excluding carboxylic acids is 1. The molecule has 2 N–H and O–H groups in total. The highest BCUT2D eigenvalue weighted by Crippen LogP contribution is 2.22. The first-order chi connectivity index (χ1) is 11.1. The lowest BCUT2D eigenvalue weighted by Gasteiger charge is -2.02. The summed E-state index contributed by atoms with van der Waals surface area (Å²) in [7, 11) is 0. The van der Waals surface area contributed by atoms with Crippen molar-refractivity contribution < 1.29 is 14.3 Å². The number of carbonyl (C=O) groups is 1. The van der Waals surface area contributed by atoms with Gasteiger partial charge >= 0.3 is 0 Å². The van der Waals surface area contributed by atoms with Gasteiger partial charge in [-0.15, -0.1) is 21.5 Å². The Morgan fingerprint density at radius 1 is 1.39 bits per heavy atom. The van der Waals surface area contributed by atoms with Crippen LogP contribution in [0.3, 0.4) is 0 Å². The summed E-state index contributed by atoms with van der Waals surface area (Å²) in [4.78, 5) is 12.8. The molecule has 2 aromatic heterocycles. The fourth-order valence-corrected chi connectivity index (χ4v) is 2.92. The lowest BCUT2D eigenvalue weighted by atomic mass is 10.0. The maximum atomic E-state index is 13.3. The molecule has 2 heterocycles. The number of halogens is 1. The molecule has 0 fully saturated rings. The van der Waals surface area contributed by atoms with Crippen LogP contribution in [0.1, 0.15) is 26.6 Å². The summed E-state index contributed by atoms with van der Waals surface area (Å²) in [5.41, 5.74) is 1.53. The van der Waals surface area contributed by atoms with Crippen molar-refractivity contribution in [3.05, 3.63) is 69.4 Å². The zero-order valence-electron chi connectivity index (χ0n) is 11.7. The molecule has 3 aromatic rings. The number of aromatic amines is 1. The first kappa shape index (κ1) is 15.0. The monoisotopic (exact) mass is 330 g/mol. The molecule has 116 valence electrons.